The van der Waals surface area contributed by atoms with Gasteiger partial charge in [-0.1, -0.05) is 0 Å². The fourth-order valence-electron chi connectivity index (χ4n) is 2.47. The van der Waals surface area contributed by atoms with Crippen molar-refractivity contribution >= 4 is 17.6 Å². The number of aliphatic hydroxyl groups excluding tert-OH is 1. The molecular weight excluding hydrogens is 274 g/mol. The van der Waals surface area contributed by atoms with Crippen LogP contribution in [0.2, 0.25) is 0 Å². The Hall–Kier alpha value is -1.92. The van der Waals surface area contributed by atoms with Gasteiger partial charge in [0.15, 0.2) is 0 Å². The summed E-state index contributed by atoms with van der Waals surface area (Å²) in [4.78, 5) is 25.0. The maximum atomic E-state index is 12.6. The van der Waals surface area contributed by atoms with Crippen LogP contribution in [0.1, 0.15) is 30.1 Å². The zero-order valence-electron chi connectivity index (χ0n) is 11.9. The van der Waals surface area contributed by atoms with Crippen molar-refractivity contribution in [2.45, 2.75) is 25.4 Å². The van der Waals surface area contributed by atoms with Crippen molar-refractivity contribution in [1.29, 1.82) is 0 Å². The number of hydrogen-bond donors (Lipinski definition) is 2. The quantitative estimate of drug-likeness (QED) is 0.854. The van der Waals surface area contributed by atoms with E-state index in [0.717, 1.165) is 6.42 Å². The number of carboxylic acid groups (broad SMARTS) is 1. The van der Waals surface area contributed by atoms with Crippen LogP contribution in [0.3, 0.4) is 0 Å². The number of benzene rings is 1. The molecule has 0 spiro atoms. The summed E-state index contributed by atoms with van der Waals surface area (Å²) in [5.41, 5.74) is -0.171. The number of hydrogen-bond acceptors (Lipinski definition) is 4. The van der Waals surface area contributed by atoms with Crippen LogP contribution in [0.5, 0.6) is 0 Å². The summed E-state index contributed by atoms with van der Waals surface area (Å²) in [7, 11) is 0. The summed E-state index contributed by atoms with van der Waals surface area (Å²) in [5, 5.41) is 18.1. The summed E-state index contributed by atoms with van der Waals surface area (Å²) >= 11 is 0. The second kappa shape index (κ2) is 6.24. The second-order valence-electron chi connectivity index (χ2n) is 5.22. The maximum Gasteiger partial charge on any atom is 0.335 e. The Kier molecular flexibility index (Phi) is 4.59. The summed E-state index contributed by atoms with van der Waals surface area (Å²) in [6.07, 6.45) is 1.47. The number of carbonyl (C=O) groups is 2. The van der Waals surface area contributed by atoms with Gasteiger partial charge in [-0.25, -0.2) is 4.79 Å². The Balaban J connectivity index is 2.25. The molecule has 6 heteroatoms. The minimum atomic E-state index is -1.02. The lowest BCUT2D eigenvalue weighted by atomic mass is 10.0. The van der Waals surface area contributed by atoms with E-state index in [4.69, 9.17) is 9.84 Å². The molecule has 1 aliphatic heterocycles. The van der Waals surface area contributed by atoms with Crippen LogP contribution >= 0.6 is 0 Å². The van der Waals surface area contributed by atoms with Gasteiger partial charge in [0.1, 0.15) is 5.60 Å². The van der Waals surface area contributed by atoms with E-state index in [0.29, 0.717) is 18.7 Å². The van der Waals surface area contributed by atoms with Crippen LogP contribution in [-0.4, -0.2) is 47.4 Å². The Labute approximate surface area is 122 Å². The first-order chi connectivity index (χ1) is 9.98. The number of carbonyl (C=O) groups excluding carboxylic acids is 1. The van der Waals surface area contributed by atoms with Crippen molar-refractivity contribution in [1.82, 2.24) is 0 Å². The molecule has 6 nitrogen and oxygen atoms in total. The normalized spacial score (nSPS) is 21.2. The maximum absolute atomic E-state index is 12.6. The average Bonchev–Trinajstić information content (AvgIpc) is 2.92. The third kappa shape index (κ3) is 3.22. The van der Waals surface area contributed by atoms with Crippen molar-refractivity contribution in [3.8, 4) is 0 Å². The number of ether oxygens (including phenoxy) is 1. The first-order valence-corrected chi connectivity index (χ1v) is 6.88. The van der Waals surface area contributed by atoms with Crippen molar-refractivity contribution < 1.29 is 24.5 Å². The van der Waals surface area contributed by atoms with Gasteiger partial charge in [-0.3, -0.25) is 4.79 Å². The number of rotatable bonds is 5. The third-order valence-electron chi connectivity index (χ3n) is 3.67. The first-order valence-electron chi connectivity index (χ1n) is 6.88. The van der Waals surface area contributed by atoms with E-state index in [2.05, 4.69) is 0 Å². The standard InChI is InChI=1S/C15H19NO5/c1-15(7-2-10-21-15)14(20)16(8-9-17)12-5-3-11(4-6-12)13(18)19/h3-6,17H,2,7-10H2,1H3,(H,18,19). The van der Waals surface area contributed by atoms with Crippen molar-refractivity contribution in [3.05, 3.63) is 29.8 Å². The molecule has 2 rings (SSSR count). The molecule has 2 N–H and O–H groups in total. The zero-order chi connectivity index (χ0) is 15.5. The minimum absolute atomic E-state index is 0.143. The Morgan fingerprint density at radius 1 is 1.33 bits per heavy atom. The van der Waals surface area contributed by atoms with E-state index >= 15 is 0 Å². The van der Waals surface area contributed by atoms with Crippen LogP contribution in [0, 0.1) is 0 Å². The number of nitrogens with zero attached hydrogens (tertiary/aromatic N) is 1. The largest absolute Gasteiger partial charge is 0.478 e. The fourth-order valence-corrected chi connectivity index (χ4v) is 2.47. The molecule has 0 saturated carbocycles. The predicted molar refractivity (Wildman–Crippen MR) is 76.4 cm³/mol. The molecule has 1 amide bonds. The molecule has 1 aromatic rings. The number of anilines is 1. The van der Waals surface area contributed by atoms with E-state index < -0.39 is 11.6 Å². The molecule has 1 heterocycles. The van der Waals surface area contributed by atoms with E-state index in [-0.39, 0.29) is 24.6 Å². The van der Waals surface area contributed by atoms with Crippen LogP contribution < -0.4 is 4.90 Å². The number of amides is 1. The molecule has 1 aliphatic rings. The number of aromatic carboxylic acids is 1. The first kappa shape index (κ1) is 15.5. The molecular formula is C15H19NO5. The number of aliphatic hydroxyl groups is 1. The van der Waals surface area contributed by atoms with Crippen molar-refractivity contribution in [2.24, 2.45) is 0 Å². The molecule has 1 aromatic carbocycles. The molecule has 21 heavy (non-hydrogen) atoms. The molecule has 1 saturated heterocycles. The lowest BCUT2D eigenvalue weighted by molar-refractivity contribution is -0.136. The predicted octanol–water partition coefficient (Wildman–Crippen LogP) is 1.28. The number of carboxylic acids is 1. The Morgan fingerprint density at radius 3 is 2.48 bits per heavy atom. The van der Waals surface area contributed by atoms with Crippen molar-refractivity contribution in [2.75, 3.05) is 24.7 Å². The van der Waals surface area contributed by atoms with E-state index in [9.17, 15) is 14.7 Å². The molecule has 1 unspecified atom stereocenters. The van der Waals surface area contributed by atoms with Gasteiger partial charge in [-0.05, 0) is 44.0 Å². The molecule has 1 atom stereocenters. The topological polar surface area (TPSA) is 87.1 Å². The summed E-state index contributed by atoms with van der Waals surface area (Å²) < 4.78 is 5.55. The van der Waals surface area contributed by atoms with Crippen LogP contribution in [0.4, 0.5) is 5.69 Å². The highest BCUT2D eigenvalue weighted by atomic mass is 16.5. The molecule has 0 radical (unpaired) electrons. The van der Waals surface area contributed by atoms with Gasteiger partial charge in [0, 0.05) is 18.8 Å². The summed E-state index contributed by atoms with van der Waals surface area (Å²) in [6.45, 7) is 2.26. The van der Waals surface area contributed by atoms with Gasteiger partial charge in [0.25, 0.3) is 5.91 Å². The molecule has 114 valence electrons. The smallest absolute Gasteiger partial charge is 0.335 e. The van der Waals surface area contributed by atoms with Gasteiger partial charge >= 0.3 is 5.97 Å². The van der Waals surface area contributed by atoms with E-state index in [1.807, 2.05) is 0 Å². The highest BCUT2D eigenvalue weighted by Gasteiger charge is 2.40. The van der Waals surface area contributed by atoms with Crippen LogP contribution in [0.15, 0.2) is 24.3 Å². The minimum Gasteiger partial charge on any atom is -0.478 e. The third-order valence-corrected chi connectivity index (χ3v) is 3.67. The van der Waals surface area contributed by atoms with Gasteiger partial charge in [-0.2, -0.15) is 0 Å². The molecule has 1 fully saturated rings. The van der Waals surface area contributed by atoms with E-state index in [1.54, 1.807) is 19.1 Å². The average molecular weight is 293 g/mol. The van der Waals surface area contributed by atoms with Gasteiger partial charge in [0.2, 0.25) is 0 Å². The molecule has 0 aliphatic carbocycles. The Bertz CT molecular complexity index is 519. The lowest BCUT2D eigenvalue weighted by Gasteiger charge is -2.30. The fraction of sp³-hybridized carbons (Fsp3) is 0.467. The molecule has 0 aromatic heterocycles. The SMILES string of the molecule is CC1(C(=O)N(CCO)c2ccc(C(=O)O)cc2)CCCO1. The summed E-state index contributed by atoms with van der Waals surface area (Å²) in [6, 6.07) is 6.00. The summed E-state index contributed by atoms with van der Waals surface area (Å²) in [5.74, 6) is -1.23. The van der Waals surface area contributed by atoms with E-state index in [1.165, 1.54) is 17.0 Å². The van der Waals surface area contributed by atoms with Crippen LogP contribution in [0.25, 0.3) is 0 Å². The zero-order valence-corrected chi connectivity index (χ0v) is 11.9. The highest BCUT2D eigenvalue weighted by Crippen LogP contribution is 2.29. The lowest BCUT2D eigenvalue weighted by Crippen LogP contribution is -2.48. The monoisotopic (exact) mass is 293 g/mol. The van der Waals surface area contributed by atoms with Gasteiger partial charge in [0.05, 0.1) is 12.2 Å². The Morgan fingerprint density at radius 2 is 2.00 bits per heavy atom. The van der Waals surface area contributed by atoms with Crippen molar-refractivity contribution in [3.63, 3.8) is 0 Å². The van der Waals surface area contributed by atoms with Crippen LogP contribution in [-0.2, 0) is 9.53 Å². The second-order valence-corrected chi connectivity index (χ2v) is 5.22. The van der Waals surface area contributed by atoms with Gasteiger partial charge < -0.3 is 19.8 Å². The molecule has 0 bridgehead atoms. The van der Waals surface area contributed by atoms with Gasteiger partial charge in [-0.15, -0.1) is 0 Å². The highest BCUT2D eigenvalue weighted by molar-refractivity contribution is 5.99.